The first-order valence-corrected chi connectivity index (χ1v) is 3.30. The van der Waals surface area contributed by atoms with Crippen molar-refractivity contribution < 1.29 is 9.90 Å². The van der Waals surface area contributed by atoms with E-state index < -0.39 is 6.09 Å². The van der Waals surface area contributed by atoms with Crippen molar-refractivity contribution in [3.8, 4) is 0 Å². The largest absolute Gasteiger partial charge is 0.464 e. The average molecular weight is 163 g/mol. The van der Waals surface area contributed by atoms with Crippen molar-refractivity contribution in [3.63, 3.8) is 0 Å². The smallest absolute Gasteiger partial charge is 0.417 e. The molecule has 0 saturated heterocycles. The van der Waals surface area contributed by atoms with Gasteiger partial charge in [0.05, 0.1) is 0 Å². The van der Waals surface area contributed by atoms with Crippen LogP contribution in [0.2, 0.25) is 0 Å². The Bertz CT molecular complexity index is 435. The Morgan fingerprint density at radius 3 is 2.92 bits per heavy atom. The molecule has 0 amide bonds. The molecule has 0 aliphatic carbocycles. The molecule has 60 valence electrons. The lowest BCUT2D eigenvalue weighted by Gasteiger charge is -1.93. The van der Waals surface area contributed by atoms with Gasteiger partial charge in [-0.05, 0) is 6.07 Å². The maximum absolute atomic E-state index is 10.6. The zero-order chi connectivity index (χ0) is 8.55. The number of hydrogen-bond donors (Lipinski definition) is 1. The zero-order valence-electron chi connectivity index (χ0n) is 6.01. The molecule has 12 heavy (non-hydrogen) atoms. The van der Waals surface area contributed by atoms with Crippen molar-refractivity contribution >= 4 is 17.3 Å². The van der Waals surface area contributed by atoms with Gasteiger partial charge in [0.15, 0.2) is 5.65 Å². The number of aromatic nitrogens is 3. The molecule has 0 bridgehead atoms. The summed E-state index contributed by atoms with van der Waals surface area (Å²) in [6.07, 6.45) is 3.36. The monoisotopic (exact) mass is 163 g/mol. The second-order valence-electron chi connectivity index (χ2n) is 2.23. The molecule has 0 saturated carbocycles. The highest BCUT2D eigenvalue weighted by atomic mass is 16.4. The molecule has 2 aromatic heterocycles. The van der Waals surface area contributed by atoms with Gasteiger partial charge in [-0.25, -0.2) is 14.3 Å². The van der Waals surface area contributed by atoms with Gasteiger partial charge >= 0.3 is 6.09 Å². The number of carbonyl (C=O) groups is 1. The van der Waals surface area contributed by atoms with Crippen LogP contribution in [-0.2, 0) is 0 Å². The highest BCUT2D eigenvalue weighted by Gasteiger charge is 2.06. The zero-order valence-corrected chi connectivity index (χ0v) is 6.01. The van der Waals surface area contributed by atoms with E-state index in [4.69, 9.17) is 5.11 Å². The molecule has 0 aliphatic rings. The van der Waals surface area contributed by atoms with Crippen LogP contribution in [0.5, 0.6) is 0 Å². The molecule has 0 aliphatic heterocycles. The quantitative estimate of drug-likeness (QED) is 0.628. The molecule has 0 aromatic carbocycles. The Hall–Kier alpha value is -1.91. The molecule has 2 rings (SSSR count). The van der Waals surface area contributed by atoms with Crippen LogP contribution in [0.4, 0.5) is 4.79 Å². The first-order valence-electron chi connectivity index (χ1n) is 3.30. The summed E-state index contributed by atoms with van der Waals surface area (Å²) in [7, 11) is 0. The van der Waals surface area contributed by atoms with Crippen molar-refractivity contribution in [2.24, 2.45) is 0 Å². The van der Waals surface area contributed by atoms with Gasteiger partial charge in [-0.2, -0.15) is 0 Å². The molecular weight excluding hydrogens is 158 g/mol. The van der Waals surface area contributed by atoms with Crippen LogP contribution in [-0.4, -0.2) is 25.7 Å². The average Bonchev–Trinajstić information content (AvgIpc) is 2.47. The Labute approximate surface area is 67.3 Å². The van der Waals surface area contributed by atoms with Gasteiger partial charge in [0.1, 0.15) is 5.52 Å². The first-order chi connectivity index (χ1) is 5.79. The normalized spacial score (nSPS) is 10.3. The van der Waals surface area contributed by atoms with E-state index in [-0.39, 0.29) is 0 Å². The van der Waals surface area contributed by atoms with Crippen LogP contribution in [0.25, 0.3) is 11.2 Å². The van der Waals surface area contributed by atoms with E-state index in [1.165, 1.54) is 18.6 Å². The Morgan fingerprint density at radius 1 is 1.42 bits per heavy atom. The first kappa shape index (κ1) is 6.78. The van der Waals surface area contributed by atoms with Crippen molar-refractivity contribution in [2.75, 3.05) is 0 Å². The summed E-state index contributed by atoms with van der Waals surface area (Å²) in [6.45, 7) is 0. The summed E-state index contributed by atoms with van der Waals surface area (Å²) in [6, 6.07) is 1.61. The summed E-state index contributed by atoms with van der Waals surface area (Å²) >= 11 is 0. The summed E-state index contributed by atoms with van der Waals surface area (Å²) in [5, 5.41) is 8.67. The lowest BCUT2D eigenvalue weighted by atomic mass is 10.5. The van der Waals surface area contributed by atoms with E-state index in [0.29, 0.717) is 11.2 Å². The van der Waals surface area contributed by atoms with Crippen LogP contribution >= 0.6 is 0 Å². The molecule has 5 nitrogen and oxygen atoms in total. The summed E-state index contributed by atoms with van der Waals surface area (Å²) < 4.78 is 1.03. The number of fused-ring (bicyclic) bond motifs is 1. The molecule has 0 radical (unpaired) electrons. The molecular formula is C7H5N3O2. The van der Waals surface area contributed by atoms with Crippen LogP contribution in [0.3, 0.4) is 0 Å². The van der Waals surface area contributed by atoms with Crippen molar-refractivity contribution in [1.29, 1.82) is 0 Å². The predicted octanol–water partition coefficient (Wildman–Crippen LogP) is 0.957. The van der Waals surface area contributed by atoms with Crippen LogP contribution in [0.1, 0.15) is 0 Å². The number of carboxylic acid groups (broad SMARTS) is 1. The van der Waals surface area contributed by atoms with Gasteiger partial charge in [-0.1, -0.05) is 0 Å². The number of nitrogens with zero attached hydrogens (tertiary/aromatic N) is 3. The summed E-state index contributed by atoms with van der Waals surface area (Å²) in [4.78, 5) is 18.4. The van der Waals surface area contributed by atoms with E-state index in [2.05, 4.69) is 9.97 Å². The topological polar surface area (TPSA) is 68.0 Å². The predicted molar refractivity (Wildman–Crippen MR) is 41.0 cm³/mol. The Kier molecular flexibility index (Phi) is 1.30. The van der Waals surface area contributed by atoms with Crippen LogP contribution in [0, 0.1) is 0 Å². The fourth-order valence-electron chi connectivity index (χ4n) is 1.01. The SMILES string of the molecule is O=C(O)n1ccc2nccnc21. The van der Waals surface area contributed by atoms with E-state index >= 15 is 0 Å². The highest BCUT2D eigenvalue weighted by Crippen LogP contribution is 2.08. The van der Waals surface area contributed by atoms with Gasteiger partial charge in [0, 0.05) is 18.6 Å². The maximum Gasteiger partial charge on any atom is 0.417 e. The standard InChI is InChI=1S/C7H5N3O2/c11-7(12)10-4-1-5-6(10)9-3-2-8-5/h1-4H,(H,11,12). The second-order valence-corrected chi connectivity index (χ2v) is 2.23. The van der Waals surface area contributed by atoms with Crippen LogP contribution in [0.15, 0.2) is 24.7 Å². The fraction of sp³-hybridized carbons (Fsp3) is 0. The van der Waals surface area contributed by atoms with Crippen molar-refractivity contribution in [3.05, 3.63) is 24.7 Å². The fourth-order valence-corrected chi connectivity index (χ4v) is 1.01. The molecule has 5 heteroatoms. The lowest BCUT2D eigenvalue weighted by Crippen LogP contribution is -2.06. The van der Waals surface area contributed by atoms with Gasteiger partial charge < -0.3 is 5.11 Å². The second kappa shape index (κ2) is 2.30. The van der Waals surface area contributed by atoms with Gasteiger partial charge in [-0.15, -0.1) is 0 Å². The minimum Gasteiger partial charge on any atom is -0.464 e. The minimum absolute atomic E-state index is 0.366. The summed E-state index contributed by atoms with van der Waals surface area (Å²) in [5.74, 6) is 0. The summed E-state index contributed by atoms with van der Waals surface area (Å²) in [5.41, 5.74) is 0.949. The molecule has 2 heterocycles. The van der Waals surface area contributed by atoms with Gasteiger partial charge in [-0.3, -0.25) is 4.98 Å². The van der Waals surface area contributed by atoms with Gasteiger partial charge in [0.25, 0.3) is 0 Å². The highest BCUT2D eigenvalue weighted by molar-refractivity contribution is 5.83. The van der Waals surface area contributed by atoms with Gasteiger partial charge in [0.2, 0.25) is 0 Å². The van der Waals surface area contributed by atoms with E-state index in [1.54, 1.807) is 6.07 Å². The lowest BCUT2D eigenvalue weighted by molar-refractivity contribution is 0.197. The van der Waals surface area contributed by atoms with E-state index in [1.807, 2.05) is 0 Å². The molecule has 1 N–H and O–H groups in total. The molecule has 0 fully saturated rings. The van der Waals surface area contributed by atoms with Crippen LogP contribution < -0.4 is 0 Å². The third-order valence-corrected chi connectivity index (χ3v) is 1.52. The minimum atomic E-state index is -1.05. The van der Waals surface area contributed by atoms with Crippen molar-refractivity contribution in [1.82, 2.24) is 14.5 Å². The molecule has 0 spiro atoms. The number of hydrogen-bond acceptors (Lipinski definition) is 3. The third kappa shape index (κ3) is 0.833. The molecule has 0 unspecified atom stereocenters. The van der Waals surface area contributed by atoms with E-state index in [0.717, 1.165) is 4.57 Å². The molecule has 0 atom stereocenters. The van der Waals surface area contributed by atoms with E-state index in [9.17, 15) is 4.79 Å². The molecule has 2 aromatic rings. The Balaban J connectivity index is 2.79. The number of rotatable bonds is 0. The Morgan fingerprint density at radius 2 is 2.17 bits per heavy atom. The third-order valence-electron chi connectivity index (χ3n) is 1.52. The van der Waals surface area contributed by atoms with Crippen molar-refractivity contribution in [2.45, 2.75) is 0 Å². The maximum atomic E-state index is 10.6.